The molecule has 1 atom stereocenters. The van der Waals surface area contributed by atoms with Gasteiger partial charge in [-0.2, -0.15) is 0 Å². The van der Waals surface area contributed by atoms with E-state index in [0.29, 0.717) is 11.6 Å². The molecule has 104 valence electrons. The summed E-state index contributed by atoms with van der Waals surface area (Å²) in [6.07, 6.45) is 6.10. The highest BCUT2D eigenvalue weighted by atomic mass is 16.3. The number of aromatic hydroxyl groups is 1. The van der Waals surface area contributed by atoms with Crippen LogP contribution in [0.25, 0.3) is 0 Å². The quantitative estimate of drug-likeness (QED) is 0.842. The van der Waals surface area contributed by atoms with E-state index >= 15 is 0 Å². The second kappa shape index (κ2) is 6.09. The molecule has 1 unspecified atom stereocenters. The molecule has 2 rings (SSSR count). The Morgan fingerprint density at radius 1 is 1.37 bits per heavy atom. The van der Waals surface area contributed by atoms with E-state index in [1.807, 2.05) is 6.07 Å². The summed E-state index contributed by atoms with van der Waals surface area (Å²) in [6, 6.07) is 5.99. The van der Waals surface area contributed by atoms with Crippen molar-refractivity contribution < 1.29 is 9.90 Å². The lowest BCUT2D eigenvalue weighted by molar-refractivity contribution is 0.101. The Labute approximate surface area is 115 Å². The Kier molecular flexibility index (Phi) is 4.46. The number of hydrogen-bond donors (Lipinski definition) is 1. The summed E-state index contributed by atoms with van der Waals surface area (Å²) < 4.78 is 0. The molecule has 1 aromatic carbocycles. The summed E-state index contributed by atoms with van der Waals surface area (Å²) in [7, 11) is 0. The molecule has 19 heavy (non-hydrogen) atoms. The van der Waals surface area contributed by atoms with Gasteiger partial charge in [-0.1, -0.05) is 19.8 Å². The average Bonchev–Trinajstić information content (AvgIpc) is 2.63. The topological polar surface area (TPSA) is 40.5 Å². The van der Waals surface area contributed by atoms with Gasteiger partial charge in [-0.3, -0.25) is 4.79 Å². The number of nitrogens with zero attached hydrogens (tertiary/aromatic N) is 1. The van der Waals surface area contributed by atoms with Crippen LogP contribution in [0.2, 0.25) is 0 Å². The van der Waals surface area contributed by atoms with Crippen LogP contribution in [0.5, 0.6) is 5.75 Å². The highest BCUT2D eigenvalue weighted by Crippen LogP contribution is 2.30. The Morgan fingerprint density at radius 2 is 2.16 bits per heavy atom. The molecule has 3 heteroatoms. The molecule has 1 aliphatic heterocycles. The van der Waals surface area contributed by atoms with E-state index < -0.39 is 0 Å². The molecule has 0 aromatic heterocycles. The van der Waals surface area contributed by atoms with Crippen molar-refractivity contribution in [2.24, 2.45) is 0 Å². The van der Waals surface area contributed by atoms with Crippen LogP contribution >= 0.6 is 0 Å². The van der Waals surface area contributed by atoms with Crippen LogP contribution in [0.3, 0.4) is 0 Å². The van der Waals surface area contributed by atoms with Crippen molar-refractivity contribution in [1.82, 2.24) is 0 Å². The van der Waals surface area contributed by atoms with Crippen LogP contribution in [0.15, 0.2) is 18.2 Å². The van der Waals surface area contributed by atoms with Crippen molar-refractivity contribution >= 4 is 11.5 Å². The summed E-state index contributed by atoms with van der Waals surface area (Å²) in [4.78, 5) is 13.7. The molecule has 1 aliphatic rings. The van der Waals surface area contributed by atoms with E-state index in [1.54, 1.807) is 12.1 Å². The van der Waals surface area contributed by atoms with Gasteiger partial charge in [0, 0.05) is 24.3 Å². The first-order valence-electron chi connectivity index (χ1n) is 7.24. The number of ketones is 1. The van der Waals surface area contributed by atoms with Gasteiger partial charge in [-0.25, -0.2) is 0 Å². The second-order valence-electron chi connectivity index (χ2n) is 5.36. The van der Waals surface area contributed by atoms with Crippen LogP contribution in [-0.2, 0) is 0 Å². The van der Waals surface area contributed by atoms with Gasteiger partial charge >= 0.3 is 0 Å². The van der Waals surface area contributed by atoms with Crippen LogP contribution in [0.1, 0.15) is 56.3 Å². The van der Waals surface area contributed by atoms with Crippen molar-refractivity contribution in [3.05, 3.63) is 23.8 Å². The normalized spacial score (nSPS) is 20.1. The van der Waals surface area contributed by atoms with Crippen molar-refractivity contribution in [3.8, 4) is 5.75 Å². The van der Waals surface area contributed by atoms with Crippen LogP contribution in [0.4, 0.5) is 5.69 Å². The van der Waals surface area contributed by atoms with Crippen LogP contribution in [0, 0.1) is 0 Å². The number of phenols is 1. The van der Waals surface area contributed by atoms with Crippen molar-refractivity contribution in [2.45, 2.75) is 52.0 Å². The standard InChI is InChI=1S/C16H23NO2/c1-3-13-7-5-4-6-10-17(13)14-8-9-15(12(2)18)16(19)11-14/h8-9,11,13,19H,3-7,10H2,1-2H3. The lowest BCUT2D eigenvalue weighted by Gasteiger charge is -2.31. The number of carbonyl (C=O) groups excluding carboxylic acids is 1. The molecule has 0 spiro atoms. The zero-order valence-electron chi connectivity index (χ0n) is 11.9. The Hall–Kier alpha value is -1.51. The van der Waals surface area contributed by atoms with Crippen molar-refractivity contribution in [3.63, 3.8) is 0 Å². The second-order valence-corrected chi connectivity index (χ2v) is 5.36. The molecule has 0 radical (unpaired) electrons. The number of rotatable bonds is 3. The van der Waals surface area contributed by atoms with Gasteiger partial charge in [0.2, 0.25) is 0 Å². The fourth-order valence-electron chi connectivity index (χ4n) is 2.94. The first-order valence-corrected chi connectivity index (χ1v) is 7.24. The first-order chi connectivity index (χ1) is 9.13. The molecule has 0 saturated carbocycles. The van der Waals surface area contributed by atoms with E-state index in [4.69, 9.17) is 0 Å². The number of phenolic OH excluding ortho intramolecular Hbond substituents is 1. The summed E-state index contributed by atoms with van der Waals surface area (Å²) in [5.41, 5.74) is 1.45. The first kappa shape index (κ1) is 13.9. The van der Waals surface area contributed by atoms with Crippen molar-refractivity contribution in [1.29, 1.82) is 0 Å². The minimum atomic E-state index is -0.0908. The maximum Gasteiger partial charge on any atom is 0.163 e. The maximum atomic E-state index is 11.4. The third kappa shape index (κ3) is 3.09. The lowest BCUT2D eigenvalue weighted by Crippen LogP contribution is -2.34. The SMILES string of the molecule is CCC1CCCCCN1c1ccc(C(C)=O)c(O)c1. The third-order valence-electron chi connectivity index (χ3n) is 4.04. The van der Waals surface area contributed by atoms with Gasteiger partial charge in [0.25, 0.3) is 0 Å². The fraction of sp³-hybridized carbons (Fsp3) is 0.562. The Morgan fingerprint density at radius 3 is 2.79 bits per heavy atom. The van der Waals surface area contributed by atoms with Gasteiger partial charge < -0.3 is 10.0 Å². The fourth-order valence-corrected chi connectivity index (χ4v) is 2.94. The molecular formula is C16H23NO2. The number of anilines is 1. The number of carbonyl (C=O) groups is 1. The largest absolute Gasteiger partial charge is 0.507 e. The minimum absolute atomic E-state index is 0.0908. The van der Waals surface area contributed by atoms with E-state index in [1.165, 1.54) is 32.6 Å². The number of benzene rings is 1. The molecule has 1 heterocycles. The molecule has 1 fully saturated rings. The van der Waals surface area contributed by atoms with E-state index in [2.05, 4.69) is 11.8 Å². The smallest absolute Gasteiger partial charge is 0.163 e. The Bertz CT molecular complexity index is 456. The van der Waals surface area contributed by atoms with E-state index in [9.17, 15) is 9.90 Å². The molecule has 0 aliphatic carbocycles. The predicted molar refractivity (Wildman–Crippen MR) is 78.0 cm³/mol. The van der Waals surface area contributed by atoms with Gasteiger partial charge in [0.15, 0.2) is 5.78 Å². The lowest BCUT2D eigenvalue weighted by atomic mass is 10.1. The minimum Gasteiger partial charge on any atom is -0.507 e. The maximum absolute atomic E-state index is 11.4. The molecule has 1 saturated heterocycles. The van der Waals surface area contributed by atoms with Crippen molar-refractivity contribution in [2.75, 3.05) is 11.4 Å². The molecule has 0 amide bonds. The highest BCUT2D eigenvalue weighted by molar-refractivity contribution is 5.97. The molecule has 0 bridgehead atoms. The summed E-state index contributed by atoms with van der Waals surface area (Å²) in [6.45, 7) is 4.74. The highest BCUT2D eigenvalue weighted by Gasteiger charge is 2.20. The zero-order chi connectivity index (χ0) is 13.8. The molecular weight excluding hydrogens is 238 g/mol. The van der Waals surface area contributed by atoms with E-state index in [-0.39, 0.29) is 11.5 Å². The van der Waals surface area contributed by atoms with E-state index in [0.717, 1.165) is 18.7 Å². The average molecular weight is 261 g/mol. The zero-order valence-corrected chi connectivity index (χ0v) is 11.9. The summed E-state index contributed by atoms with van der Waals surface area (Å²) in [5, 5.41) is 9.97. The van der Waals surface area contributed by atoms with Gasteiger partial charge in [0.1, 0.15) is 5.75 Å². The molecule has 3 nitrogen and oxygen atoms in total. The summed E-state index contributed by atoms with van der Waals surface area (Å²) in [5.74, 6) is 0.0102. The predicted octanol–water partition coefficient (Wildman–Crippen LogP) is 3.75. The molecule has 1 aromatic rings. The number of Topliss-reactive ketones (excluding diaryl/α,β-unsaturated/α-hetero) is 1. The van der Waals surface area contributed by atoms with Crippen LogP contribution in [-0.4, -0.2) is 23.5 Å². The van der Waals surface area contributed by atoms with Gasteiger partial charge in [-0.15, -0.1) is 0 Å². The monoisotopic (exact) mass is 261 g/mol. The molecule has 1 N–H and O–H groups in total. The Balaban J connectivity index is 2.28. The van der Waals surface area contributed by atoms with Crippen LogP contribution < -0.4 is 4.90 Å². The number of hydrogen-bond acceptors (Lipinski definition) is 3. The van der Waals surface area contributed by atoms with Gasteiger partial charge in [-0.05, 0) is 38.3 Å². The van der Waals surface area contributed by atoms with Gasteiger partial charge in [0.05, 0.1) is 5.56 Å². The third-order valence-corrected chi connectivity index (χ3v) is 4.04. The summed E-state index contributed by atoms with van der Waals surface area (Å²) >= 11 is 0.